The average molecular weight is 400 g/mol. The number of amides is 4. The van der Waals surface area contributed by atoms with Crippen LogP contribution in [-0.2, 0) is 20.9 Å². The lowest BCUT2D eigenvalue weighted by Crippen LogP contribution is -2.52. The SMILES string of the molecule is O=C1CCC(N2Cc3cc(N4CCN(C(=O)CCO)CC4)ccc3C2=O)C(=O)N1. The third-order valence-corrected chi connectivity index (χ3v) is 5.83. The van der Waals surface area contributed by atoms with Gasteiger partial charge in [-0.2, -0.15) is 0 Å². The van der Waals surface area contributed by atoms with E-state index < -0.39 is 11.9 Å². The number of hydrogen-bond donors (Lipinski definition) is 2. The van der Waals surface area contributed by atoms with E-state index in [0.717, 1.165) is 11.3 Å². The number of benzene rings is 1. The van der Waals surface area contributed by atoms with Gasteiger partial charge in [0.05, 0.1) is 6.61 Å². The van der Waals surface area contributed by atoms with Crippen LogP contribution in [0.3, 0.4) is 0 Å². The maximum absolute atomic E-state index is 12.8. The molecule has 0 radical (unpaired) electrons. The van der Waals surface area contributed by atoms with Crippen molar-refractivity contribution in [1.29, 1.82) is 0 Å². The molecule has 1 unspecified atom stereocenters. The smallest absolute Gasteiger partial charge is 0.255 e. The van der Waals surface area contributed by atoms with Gasteiger partial charge < -0.3 is 19.8 Å². The first-order chi connectivity index (χ1) is 14.0. The fraction of sp³-hybridized carbons (Fsp3) is 0.500. The summed E-state index contributed by atoms with van der Waals surface area (Å²) in [6.07, 6.45) is 0.735. The molecular formula is C20H24N4O5. The largest absolute Gasteiger partial charge is 0.396 e. The van der Waals surface area contributed by atoms with Crippen LogP contribution in [0.15, 0.2) is 18.2 Å². The third-order valence-electron chi connectivity index (χ3n) is 5.83. The first-order valence-corrected chi connectivity index (χ1v) is 9.89. The Hall–Kier alpha value is -2.94. The van der Waals surface area contributed by atoms with Gasteiger partial charge in [-0.15, -0.1) is 0 Å². The quantitative estimate of drug-likeness (QED) is 0.658. The summed E-state index contributed by atoms with van der Waals surface area (Å²) >= 11 is 0. The average Bonchev–Trinajstić information content (AvgIpc) is 3.04. The van der Waals surface area contributed by atoms with Crippen LogP contribution in [0.2, 0.25) is 0 Å². The summed E-state index contributed by atoms with van der Waals surface area (Å²) in [5.41, 5.74) is 2.45. The van der Waals surface area contributed by atoms with E-state index >= 15 is 0 Å². The molecule has 3 aliphatic rings. The van der Waals surface area contributed by atoms with Crippen molar-refractivity contribution in [3.63, 3.8) is 0 Å². The number of hydrogen-bond acceptors (Lipinski definition) is 6. The number of piperazine rings is 1. The van der Waals surface area contributed by atoms with E-state index in [2.05, 4.69) is 10.2 Å². The van der Waals surface area contributed by atoms with E-state index in [1.165, 1.54) is 0 Å². The second-order valence-electron chi connectivity index (χ2n) is 7.58. The molecule has 4 rings (SSSR count). The number of fused-ring (bicyclic) bond motifs is 1. The highest BCUT2D eigenvalue weighted by atomic mass is 16.3. The van der Waals surface area contributed by atoms with Crippen molar-refractivity contribution < 1.29 is 24.3 Å². The predicted octanol–water partition coefficient (Wildman–Crippen LogP) is -0.521. The maximum Gasteiger partial charge on any atom is 0.255 e. The number of piperidine rings is 1. The van der Waals surface area contributed by atoms with Gasteiger partial charge in [0.2, 0.25) is 17.7 Å². The van der Waals surface area contributed by atoms with Crippen molar-refractivity contribution in [2.75, 3.05) is 37.7 Å². The third kappa shape index (κ3) is 3.69. The molecule has 9 heteroatoms. The summed E-state index contributed by atoms with van der Waals surface area (Å²) in [7, 11) is 0. The Balaban J connectivity index is 1.44. The molecule has 1 aromatic carbocycles. The summed E-state index contributed by atoms with van der Waals surface area (Å²) in [6.45, 7) is 2.76. The molecule has 1 aromatic rings. The van der Waals surface area contributed by atoms with Crippen molar-refractivity contribution in [2.24, 2.45) is 0 Å². The summed E-state index contributed by atoms with van der Waals surface area (Å²) < 4.78 is 0. The topological polar surface area (TPSA) is 110 Å². The Morgan fingerprint density at radius 2 is 1.90 bits per heavy atom. The minimum Gasteiger partial charge on any atom is -0.396 e. The fourth-order valence-electron chi connectivity index (χ4n) is 4.23. The van der Waals surface area contributed by atoms with Gasteiger partial charge in [-0.05, 0) is 30.2 Å². The van der Waals surface area contributed by atoms with Crippen molar-refractivity contribution in [2.45, 2.75) is 31.8 Å². The lowest BCUT2D eigenvalue weighted by molar-refractivity contribution is -0.137. The van der Waals surface area contributed by atoms with Crippen LogP contribution < -0.4 is 10.2 Å². The number of carbonyl (C=O) groups is 4. The number of nitrogens with one attached hydrogen (secondary N) is 1. The maximum atomic E-state index is 12.8. The zero-order valence-corrected chi connectivity index (χ0v) is 16.1. The van der Waals surface area contributed by atoms with Crippen molar-refractivity contribution >= 4 is 29.3 Å². The molecule has 0 aliphatic carbocycles. The number of imide groups is 1. The van der Waals surface area contributed by atoms with Crippen LogP contribution >= 0.6 is 0 Å². The second kappa shape index (κ2) is 7.82. The molecule has 3 heterocycles. The van der Waals surface area contributed by atoms with Crippen LogP contribution in [0.5, 0.6) is 0 Å². The molecule has 1 atom stereocenters. The van der Waals surface area contributed by atoms with E-state index in [4.69, 9.17) is 5.11 Å². The molecule has 0 spiro atoms. The Bertz CT molecular complexity index is 862. The molecule has 0 bridgehead atoms. The zero-order valence-electron chi connectivity index (χ0n) is 16.1. The Kier molecular flexibility index (Phi) is 5.23. The van der Waals surface area contributed by atoms with Gasteiger partial charge in [-0.3, -0.25) is 24.5 Å². The lowest BCUT2D eigenvalue weighted by atomic mass is 10.0. The van der Waals surface area contributed by atoms with E-state index in [1.807, 2.05) is 12.1 Å². The number of nitrogens with zero attached hydrogens (tertiary/aromatic N) is 3. The molecule has 154 valence electrons. The van der Waals surface area contributed by atoms with Gasteiger partial charge >= 0.3 is 0 Å². The number of carbonyl (C=O) groups excluding carboxylic acids is 4. The molecular weight excluding hydrogens is 376 g/mol. The van der Waals surface area contributed by atoms with Crippen LogP contribution in [-0.4, -0.2) is 77.4 Å². The Morgan fingerprint density at radius 3 is 2.59 bits per heavy atom. The first-order valence-electron chi connectivity index (χ1n) is 9.89. The van der Waals surface area contributed by atoms with Crippen LogP contribution in [0.1, 0.15) is 35.2 Å². The predicted molar refractivity (Wildman–Crippen MR) is 103 cm³/mol. The molecule has 0 aromatic heterocycles. The highest BCUT2D eigenvalue weighted by Gasteiger charge is 2.39. The van der Waals surface area contributed by atoms with Gasteiger partial charge in [0.1, 0.15) is 6.04 Å². The van der Waals surface area contributed by atoms with Crippen LogP contribution in [0, 0.1) is 0 Å². The number of aliphatic hydroxyl groups is 1. The monoisotopic (exact) mass is 400 g/mol. The van der Waals surface area contributed by atoms with Gasteiger partial charge in [0.15, 0.2) is 0 Å². The minimum atomic E-state index is -0.614. The number of anilines is 1. The molecule has 2 N–H and O–H groups in total. The molecule has 4 amide bonds. The summed E-state index contributed by atoms with van der Waals surface area (Å²) in [6, 6.07) is 5.06. The zero-order chi connectivity index (χ0) is 20.5. The Labute approximate surface area is 168 Å². The number of rotatable bonds is 4. The molecule has 9 nitrogen and oxygen atoms in total. The molecule has 2 saturated heterocycles. The molecule has 2 fully saturated rings. The standard InChI is InChI=1S/C20H24N4O5/c25-10-5-18(27)23-8-6-22(7-9-23)14-1-2-15-13(11-14)12-24(20(15)29)16-3-4-17(26)21-19(16)28/h1-2,11,16,25H,3-10,12H2,(H,21,26,28). The highest BCUT2D eigenvalue weighted by molar-refractivity contribution is 6.05. The summed E-state index contributed by atoms with van der Waals surface area (Å²) in [4.78, 5) is 53.7. The van der Waals surface area contributed by atoms with E-state index in [1.54, 1.807) is 15.9 Å². The minimum absolute atomic E-state index is 0.0356. The lowest BCUT2D eigenvalue weighted by Gasteiger charge is -2.36. The summed E-state index contributed by atoms with van der Waals surface area (Å²) in [5, 5.41) is 11.2. The number of aliphatic hydroxyl groups excluding tert-OH is 1. The van der Waals surface area contributed by atoms with E-state index in [-0.39, 0.29) is 37.2 Å². The fourth-order valence-corrected chi connectivity index (χ4v) is 4.23. The van der Waals surface area contributed by atoms with Crippen LogP contribution in [0.25, 0.3) is 0 Å². The normalized spacial score (nSPS) is 22.0. The van der Waals surface area contributed by atoms with E-state index in [9.17, 15) is 19.2 Å². The molecule has 0 saturated carbocycles. The van der Waals surface area contributed by atoms with Gasteiger partial charge in [-0.1, -0.05) is 0 Å². The van der Waals surface area contributed by atoms with Gasteiger partial charge in [0.25, 0.3) is 5.91 Å². The summed E-state index contributed by atoms with van der Waals surface area (Å²) in [5.74, 6) is -0.923. The van der Waals surface area contributed by atoms with Crippen molar-refractivity contribution in [3.8, 4) is 0 Å². The van der Waals surface area contributed by atoms with Crippen LogP contribution in [0.4, 0.5) is 5.69 Å². The molecule has 3 aliphatic heterocycles. The highest BCUT2D eigenvalue weighted by Crippen LogP contribution is 2.30. The van der Waals surface area contributed by atoms with Crippen molar-refractivity contribution in [3.05, 3.63) is 29.3 Å². The van der Waals surface area contributed by atoms with Crippen molar-refractivity contribution in [1.82, 2.24) is 15.1 Å². The van der Waals surface area contributed by atoms with E-state index in [0.29, 0.717) is 44.7 Å². The second-order valence-corrected chi connectivity index (χ2v) is 7.58. The first kappa shape index (κ1) is 19.4. The Morgan fingerprint density at radius 1 is 1.14 bits per heavy atom. The van der Waals surface area contributed by atoms with Gasteiger partial charge in [0, 0.05) is 56.8 Å². The van der Waals surface area contributed by atoms with Gasteiger partial charge in [-0.25, -0.2) is 0 Å². The molecule has 29 heavy (non-hydrogen) atoms.